The number of carbonyl (C=O) groups is 3. The minimum Gasteiger partial charge on any atom is -0.453 e. The molecule has 0 bridgehead atoms. The summed E-state index contributed by atoms with van der Waals surface area (Å²) >= 11 is 0. The molecule has 1 N–H and O–H groups in total. The average Bonchev–Trinajstić information content (AvgIpc) is 2.68. The molecule has 0 saturated carbocycles. The van der Waals surface area contributed by atoms with Crippen LogP contribution in [0.4, 0.5) is 0 Å². The van der Waals surface area contributed by atoms with Crippen LogP contribution in [0.1, 0.15) is 47.8 Å². The highest BCUT2D eigenvalue weighted by Gasteiger charge is 2.29. The van der Waals surface area contributed by atoms with Crippen molar-refractivity contribution in [1.82, 2.24) is 5.32 Å². The zero-order valence-electron chi connectivity index (χ0n) is 17.7. The fourth-order valence-electron chi connectivity index (χ4n) is 2.93. The number of carbonyl (C=O) groups excluding carboxylic acids is 3. The van der Waals surface area contributed by atoms with Gasteiger partial charge in [0.15, 0.2) is 6.10 Å². The summed E-state index contributed by atoms with van der Waals surface area (Å²) in [7, 11) is 0. The van der Waals surface area contributed by atoms with Crippen molar-refractivity contribution < 1.29 is 19.1 Å². The molecule has 0 aliphatic rings. The van der Waals surface area contributed by atoms with Crippen molar-refractivity contribution in [2.45, 2.75) is 53.2 Å². The number of ether oxygens (including phenoxy) is 1. The summed E-state index contributed by atoms with van der Waals surface area (Å²) in [5.74, 6) is -1.31. The van der Waals surface area contributed by atoms with Crippen LogP contribution in [0.3, 0.4) is 0 Å². The van der Waals surface area contributed by atoms with Gasteiger partial charge in [0.25, 0.3) is 0 Å². The summed E-state index contributed by atoms with van der Waals surface area (Å²) in [6.07, 6.45) is -0.758. The highest BCUT2D eigenvalue weighted by atomic mass is 16.5. The second kappa shape index (κ2) is 10.0. The molecule has 5 nitrogen and oxygen atoms in total. The number of hydrogen-bond acceptors (Lipinski definition) is 4. The predicted molar refractivity (Wildman–Crippen MR) is 113 cm³/mol. The number of nitrogens with one attached hydrogen (secondary N) is 1. The van der Waals surface area contributed by atoms with E-state index < -0.39 is 18.1 Å². The molecular weight excluding hydrogens is 366 g/mol. The number of rotatable bonds is 8. The molecule has 154 valence electrons. The summed E-state index contributed by atoms with van der Waals surface area (Å²) in [4.78, 5) is 37.6. The maximum Gasteiger partial charge on any atom is 0.329 e. The zero-order valence-corrected chi connectivity index (χ0v) is 17.7. The van der Waals surface area contributed by atoms with Gasteiger partial charge in [0.2, 0.25) is 11.7 Å². The van der Waals surface area contributed by atoms with Gasteiger partial charge in [-0.15, -0.1) is 0 Å². The van der Waals surface area contributed by atoms with E-state index in [1.807, 2.05) is 64.1 Å². The van der Waals surface area contributed by atoms with Crippen LogP contribution in [0, 0.1) is 19.8 Å². The Morgan fingerprint density at radius 3 is 2.17 bits per heavy atom. The van der Waals surface area contributed by atoms with Gasteiger partial charge in [0.05, 0.1) is 6.42 Å². The molecule has 2 aromatic rings. The number of hydrogen-bond donors (Lipinski definition) is 1. The van der Waals surface area contributed by atoms with E-state index in [0.717, 1.165) is 16.7 Å². The molecule has 0 unspecified atom stereocenters. The Bertz CT molecular complexity index is 874. The Hall–Kier alpha value is -2.95. The largest absolute Gasteiger partial charge is 0.453 e. The standard InChI is InChI=1S/C24H29NO4/c1-15(2)22(25-21(26)14-19-9-7-6-8-10-19)24(28)29-18(5)23(27)20-12-11-16(3)17(4)13-20/h6-13,15,18,22H,14H2,1-5H3,(H,25,26)/t18-,22+/m1/s1. The van der Waals surface area contributed by atoms with Crippen LogP contribution >= 0.6 is 0 Å². The van der Waals surface area contributed by atoms with Gasteiger partial charge in [-0.3, -0.25) is 9.59 Å². The van der Waals surface area contributed by atoms with Crippen molar-refractivity contribution in [3.63, 3.8) is 0 Å². The van der Waals surface area contributed by atoms with Gasteiger partial charge in [-0.1, -0.05) is 56.3 Å². The summed E-state index contributed by atoms with van der Waals surface area (Å²) in [5.41, 5.74) is 3.46. The Labute approximate surface area is 172 Å². The lowest BCUT2D eigenvalue weighted by atomic mass is 10.0. The van der Waals surface area contributed by atoms with Gasteiger partial charge < -0.3 is 10.1 Å². The third-order valence-electron chi connectivity index (χ3n) is 4.90. The second-order valence-electron chi connectivity index (χ2n) is 7.69. The molecule has 0 heterocycles. The normalized spacial score (nSPS) is 12.9. The lowest BCUT2D eigenvalue weighted by molar-refractivity contribution is -0.151. The molecule has 2 rings (SSSR count). The van der Waals surface area contributed by atoms with Crippen molar-refractivity contribution in [2.24, 2.45) is 5.92 Å². The summed E-state index contributed by atoms with van der Waals surface area (Å²) in [5, 5.41) is 2.74. The van der Waals surface area contributed by atoms with E-state index in [9.17, 15) is 14.4 Å². The first-order valence-corrected chi connectivity index (χ1v) is 9.84. The quantitative estimate of drug-likeness (QED) is 0.545. The van der Waals surface area contributed by atoms with Gasteiger partial charge >= 0.3 is 5.97 Å². The van der Waals surface area contributed by atoms with Crippen molar-refractivity contribution in [3.8, 4) is 0 Å². The number of benzene rings is 2. The average molecular weight is 395 g/mol. The summed E-state index contributed by atoms with van der Waals surface area (Å²) in [6, 6.07) is 13.9. The Morgan fingerprint density at radius 2 is 1.59 bits per heavy atom. The van der Waals surface area contributed by atoms with Gasteiger partial charge in [0.1, 0.15) is 6.04 Å². The second-order valence-corrected chi connectivity index (χ2v) is 7.69. The molecule has 0 aliphatic carbocycles. The highest BCUT2D eigenvalue weighted by molar-refractivity contribution is 6.00. The lowest BCUT2D eigenvalue weighted by Gasteiger charge is -2.23. The Kier molecular flexibility index (Phi) is 7.71. The molecule has 2 aromatic carbocycles. The molecule has 1 amide bonds. The molecule has 0 saturated heterocycles. The van der Waals surface area contributed by atoms with Crippen molar-refractivity contribution in [1.29, 1.82) is 0 Å². The maximum atomic E-state index is 12.7. The molecule has 0 radical (unpaired) electrons. The van der Waals surface area contributed by atoms with Crippen LogP contribution in [-0.4, -0.2) is 29.8 Å². The predicted octanol–water partition coefficient (Wildman–Crippen LogP) is 3.80. The Balaban J connectivity index is 2.01. The van der Waals surface area contributed by atoms with Crippen molar-refractivity contribution in [2.75, 3.05) is 0 Å². The van der Waals surface area contributed by atoms with E-state index in [4.69, 9.17) is 4.74 Å². The first-order valence-electron chi connectivity index (χ1n) is 9.84. The van der Waals surface area contributed by atoms with Crippen LogP contribution in [0.15, 0.2) is 48.5 Å². The molecule has 29 heavy (non-hydrogen) atoms. The number of ketones is 1. The summed E-state index contributed by atoms with van der Waals surface area (Å²) < 4.78 is 5.41. The van der Waals surface area contributed by atoms with Crippen molar-refractivity contribution >= 4 is 17.7 Å². The van der Waals surface area contributed by atoms with E-state index in [1.165, 1.54) is 0 Å². The first-order chi connectivity index (χ1) is 13.7. The first kappa shape index (κ1) is 22.3. The number of Topliss-reactive ketones (excluding diaryl/α,β-unsaturated/α-hetero) is 1. The van der Waals surface area contributed by atoms with Gasteiger partial charge in [0, 0.05) is 5.56 Å². The van der Waals surface area contributed by atoms with Gasteiger partial charge in [-0.25, -0.2) is 4.79 Å². The fourth-order valence-corrected chi connectivity index (χ4v) is 2.93. The third kappa shape index (κ3) is 6.28. The number of esters is 1. The van der Waals surface area contributed by atoms with Crippen LogP contribution in [0.5, 0.6) is 0 Å². The van der Waals surface area contributed by atoms with Crippen molar-refractivity contribution in [3.05, 3.63) is 70.8 Å². The van der Waals surface area contributed by atoms with Gasteiger partial charge in [-0.05, 0) is 49.4 Å². The molecule has 0 fully saturated rings. The van der Waals surface area contributed by atoms with Crippen LogP contribution in [0.25, 0.3) is 0 Å². The minimum absolute atomic E-state index is 0.175. The third-order valence-corrected chi connectivity index (χ3v) is 4.90. The van der Waals surface area contributed by atoms with E-state index in [0.29, 0.717) is 5.56 Å². The topological polar surface area (TPSA) is 72.5 Å². The van der Waals surface area contributed by atoms with Crippen LogP contribution in [0.2, 0.25) is 0 Å². The molecule has 0 aromatic heterocycles. The van der Waals surface area contributed by atoms with E-state index >= 15 is 0 Å². The molecule has 0 spiro atoms. The SMILES string of the molecule is Cc1ccc(C(=O)[C@@H](C)OC(=O)[C@@H](NC(=O)Cc2ccccc2)C(C)C)cc1C. The van der Waals surface area contributed by atoms with E-state index in [2.05, 4.69) is 5.32 Å². The smallest absolute Gasteiger partial charge is 0.329 e. The van der Waals surface area contributed by atoms with E-state index in [-0.39, 0.29) is 24.0 Å². The van der Waals surface area contributed by atoms with Crippen LogP contribution < -0.4 is 5.32 Å². The van der Waals surface area contributed by atoms with E-state index in [1.54, 1.807) is 19.1 Å². The lowest BCUT2D eigenvalue weighted by Crippen LogP contribution is -2.47. The van der Waals surface area contributed by atoms with Crippen LogP contribution in [-0.2, 0) is 20.7 Å². The molecule has 5 heteroatoms. The molecule has 0 aliphatic heterocycles. The zero-order chi connectivity index (χ0) is 21.6. The fraction of sp³-hybridized carbons (Fsp3) is 0.375. The monoisotopic (exact) mass is 395 g/mol. The van der Waals surface area contributed by atoms with Gasteiger partial charge in [-0.2, -0.15) is 0 Å². The summed E-state index contributed by atoms with van der Waals surface area (Å²) in [6.45, 7) is 9.10. The minimum atomic E-state index is -0.933. The maximum absolute atomic E-state index is 12.7. The number of aryl methyl sites for hydroxylation is 2. The number of amides is 1. The highest BCUT2D eigenvalue weighted by Crippen LogP contribution is 2.14. The Morgan fingerprint density at radius 1 is 0.931 bits per heavy atom. The molecule has 2 atom stereocenters. The molecular formula is C24H29NO4.